The van der Waals surface area contributed by atoms with E-state index in [1.165, 1.54) is 0 Å². The molecule has 0 fully saturated rings. The molecule has 0 heterocycles. The molecule has 4 heteroatoms. The monoisotopic (exact) mass is 326 g/mol. The van der Waals surface area contributed by atoms with Gasteiger partial charge in [0.25, 0.3) is 0 Å². The maximum absolute atomic E-state index is 11.9. The summed E-state index contributed by atoms with van der Waals surface area (Å²) < 4.78 is 1.06. The van der Waals surface area contributed by atoms with Crippen LogP contribution in [0.15, 0.2) is 28.7 Å². The van der Waals surface area contributed by atoms with E-state index in [-0.39, 0.29) is 18.0 Å². The molecule has 106 valence electrons. The highest BCUT2D eigenvalue weighted by atomic mass is 79.9. The van der Waals surface area contributed by atoms with Gasteiger partial charge in [-0.2, -0.15) is 0 Å². The fourth-order valence-electron chi connectivity index (χ4n) is 1.82. The van der Waals surface area contributed by atoms with Gasteiger partial charge in [0.15, 0.2) is 0 Å². The molecule has 0 bridgehead atoms. The van der Waals surface area contributed by atoms with Crippen molar-refractivity contribution in [1.82, 2.24) is 10.6 Å². The molecule has 1 aromatic rings. The van der Waals surface area contributed by atoms with Crippen molar-refractivity contribution < 1.29 is 4.79 Å². The van der Waals surface area contributed by atoms with Gasteiger partial charge in [-0.05, 0) is 31.4 Å². The average molecular weight is 327 g/mol. The van der Waals surface area contributed by atoms with Crippen LogP contribution in [0.3, 0.4) is 0 Å². The fourth-order valence-corrected chi connectivity index (χ4v) is 2.45. The predicted octanol–water partition coefficient (Wildman–Crippen LogP) is 3.26. The quantitative estimate of drug-likeness (QED) is 0.842. The molecule has 0 aliphatic rings. The van der Waals surface area contributed by atoms with Gasteiger partial charge in [0, 0.05) is 17.1 Å². The summed E-state index contributed by atoms with van der Waals surface area (Å²) in [6.07, 6.45) is 0. The predicted molar refractivity (Wildman–Crippen MR) is 83.0 cm³/mol. The minimum Gasteiger partial charge on any atom is -0.354 e. The Hall–Kier alpha value is -0.870. The molecule has 0 radical (unpaired) electrons. The zero-order valence-corrected chi connectivity index (χ0v) is 13.6. The van der Waals surface area contributed by atoms with E-state index in [9.17, 15) is 4.79 Å². The molecular formula is C15H23BrN2O. The maximum Gasteiger partial charge on any atom is 0.236 e. The zero-order chi connectivity index (χ0) is 14.4. The third-order valence-corrected chi connectivity index (χ3v) is 3.67. The normalized spacial score (nSPS) is 14.2. The first kappa shape index (κ1) is 16.2. The smallest absolute Gasteiger partial charge is 0.236 e. The van der Waals surface area contributed by atoms with Crippen LogP contribution in [0, 0.1) is 5.92 Å². The summed E-state index contributed by atoms with van der Waals surface area (Å²) >= 11 is 3.53. The number of carbonyl (C=O) groups excluding carboxylic acids is 1. The summed E-state index contributed by atoms with van der Waals surface area (Å²) in [7, 11) is 0. The van der Waals surface area contributed by atoms with E-state index in [2.05, 4.69) is 53.4 Å². The SMILES string of the molecule is CC(C)CNC(=O)C(C)N[C@@H](C)c1ccccc1Br. The Balaban J connectivity index is 2.54. The van der Waals surface area contributed by atoms with Crippen molar-refractivity contribution in [2.75, 3.05) is 6.54 Å². The van der Waals surface area contributed by atoms with Crippen LogP contribution in [-0.4, -0.2) is 18.5 Å². The van der Waals surface area contributed by atoms with E-state index in [4.69, 9.17) is 0 Å². The van der Waals surface area contributed by atoms with Gasteiger partial charge in [0.2, 0.25) is 5.91 Å². The molecule has 3 nitrogen and oxygen atoms in total. The second-order valence-electron chi connectivity index (χ2n) is 5.27. The maximum atomic E-state index is 11.9. The highest BCUT2D eigenvalue weighted by molar-refractivity contribution is 9.10. The van der Waals surface area contributed by atoms with E-state index in [1.54, 1.807) is 0 Å². The van der Waals surface area contributed by atoms with Gasteiger partial charge in [-0.3, -0.25) is 10.1 Å². The first-order chi connectivity index (χ1) is 8.91. The van der Waals surface area contributed by atoms with Crippen molar-refractivity contribution in [2.24, 2.45) is 5.92 Å². The van der Waals surface area contributed by atoms with Crippen LogP contribution in [0.5, 0.6) is 0 Å². The van der Waals surface area contributed by atoms with Crippen LogP contribution < -0.4 is 10.6 Å². The molecular weight excluding hydrogens is 304 g/mol. The van der Waals surface area contributed by atoms with E-state index >= 15 is 0 Å². The molecule has 0 aliphatic carbocycles. The second-order valence-corrected chi connectivity index (χ2v) is 6.12. The molecule has 2 N–H and O–H groups in total. The molecule has 0 saturated heterocycles. The number of hydrogen-bond acceptors (Lipinski definition) is 2. The first-order valence-corrected chi connectivity index (χ1v) is 7.49. The van der Waals surface area contributed by atoms with Crippen molar-refractivity contribution in [1.29, 1.82) is 0 Å². The third-order valence-electron chi connectivity index (χ3n) is 2.95. The van der Waals surface area contributed by atoms with E-state index in [0.29, 0.717) is 12.5 Å². The van der Waals surface area contributed by atoms with Crippen molar-refractivity contribution in [3.8, 4) is 0 Å². The van der Waals surface area contributed by atoms with Gasteiger partial charge < -0.3 is 5.32 Å². The summed E-state index contributed by atoms with van der Waals surface area (Å²) in [6.45, 7) is 8.84. The lowest BCUT2D eigenvalue weighted by Crippen LogP contribution is -2.44. The van der Waals surface area contributed by atoms with Crippen molar-refractivity contribution in [2.45, 2.75) is 39.8 Å². The molecule has 1 amide bonds. The number of carbonyl (C=O) groups is 1. The van der Waals surface area contributed by atoms with Crippen LogP contribution in [-0.2, 0) is 4.79 Å². The Labute approximate surface area is 124 Å². The summed E-state index contributed by atoms with van der Waals surface area (Å²) in [5.74, 6) is 0.518. The second kappa shape index (κ2) is 7.65. The minimum atomic E-state index is -0.208. The topological polar surface area (TPSA) is 41.1 Å². The molecule has 0 spiro atoms. The van der Waals surface area contributed by atoms with Gasteiger partial charge in [-0.15, -0.1) is 0 Å². The summed E-state index contributed by atoms with van der Waals surface area (Å²) in [5, 5.41) is 6.26. The van der Waals surface area contributed by atoms with Crippen molar-refractivity contribution >= 4 is 21.8 Å². The molecule has 0 saturated carbocycles. The highest BCUT2D eigenvalue weighted by Gasteiger charge is 2.17. The van der Waals surface area contributed by atoms with Crippen LogP contribution >= 0.6 is 15.9 Å². The van der Waals surface area contributed by atoms with E-state index < -0.39 is 0 Å². The van der Waals surface area contributed by atoms with Crippen LogP contribution in [0.25, 0.3) is 0 Å². The Bertz CT molecular complexity index is 420. The number of hydrogen-bond donors (Lipinski definition) is 2. The Morgan fingerprint density at radius 3 is 2.42 bits per heavy atom. The van der Waals surface area contributed by atoms with Gasteiger partial charge in [0.1, 0.15) is 0 Å². The first-order valence-electron chi connectivity index (χ1n) is 6.70. The average Bonchev–Trinajstić information content (AvgIpc) is 2.36. The van der Waals surface area contributed by atoms with Crippen LogP contribution in [0.1, 0.15) is 39.3 Å². The lowest BCUT2D eigenvalue weighted by molar-refractivity contribution is -0.123. The molecule has 19 heavy (non-hydrogen) atoms. The third kappa shape index (κ3) is 5.33. The summed E-state index contributed by atoms with van der Waals surface area (Å²) in [6, 6.07) is 7.97. The van der Waals surface area contributed by atoms with Gasteiger partial charge in [-0.25, -0.2) is 0 Å². The van der Waals surface area contributed by atoms with E-state index in [1.807, 2.05) is 25.1 Å². The standard InChI is InChI=1S/C15H23BrN2O/c1-10(2)9-17-15(19)12(4)18-11(3)13-7-5-6-8-14(13)16/h5-8,10-12,18H,9H2,1-4H3,(H,17,19)/t11-,12?/m0/s1. The van der Waals surface area contributed by atoms with Gasteiger partial charge >= 0.3 is 0 Å². The molecule has 1 unspecified atom stereocenters. The molecule has 0 aliphatic heterocycles. The Morgan fingerprint density at radius 2 is 1.84 bits per heavy atom. The molecule has 2 atom stereocenters. The lowest BCUT2D eigenvalue weighted by Gasteiger charge is -2.21. The van der Waals surface area contributed by atoms with Crippen molar-refractivity contribution in [3.63, 3.8) is 0 Å². The fraction of sp³-hybridized carbons (Fsp3) is 0.533. The zero-order valence-electron chi connectivity index (χ0n) is 12.0. The molecule has 1 rings (SSSR count). The van der Waals surface area contributed by atoms with Crippen LogP contribution in [0.4, 0.5) is 0 Å². The number of nitrogens with one attached hydrogen (secondary N) is 2. The Morgan fingerprint density at radius 1 is 1.21 bits per heavy atom. The van der Waals surface area contributed by atoms with E-state index in [0.717, 1.165) is 10.0 Å². The summed E-state index contributed by atoms with van der Waals surface area (Å²) in [5.41, 5.74) is 1.16. The minimum absolute atomic E-state index is 0.0487. The molecule has 0 aromatic heterocycles. The highest BCUT2D eigenvalue weighted by Crippen LogP contribution is 2.22. The number of halogens is 1. The Kier molecular flexibility index (Phi) is 6.52. The lowest BCUT2D eigenvalue weighted by atomic mass is 10.1. The number of benzene rings is 1. The van der Waals surface area contributed by atoms with Gasteiger partial charge in [-0.1, -0.05) is 48.0 Å². The number of amides is 1. The van der Waals surface area contributed by atoms with Crippen molar-refractivity contribution in [3.05, 3.63) is 34.3 Å². The molecule has 1 aromatic carbocycles. The number of rotatable bonds is 6. The largest absolute Gasteiger partial charge is 0.354 e. The van der Waals surface area contributed by atoms with Crippen LogP contribution in [0.2, 0.25) is 0 Å². The summed E-state index contributed by atoms with van der Waals surface area (Å²) in [4.78, 5) is 11.9. The van der Waals surface area contributed by atoms with Gasteiger partial charge in [0.05, 0.1) is 6.04 Å².